The summed E-state index contributed by atoms with van der Waals surface area (Å²) < 4.78 is 26.7. The summed E-state index contributed by atoms with van der Waals surface area (Å²) in [5.41, 5.74) is 1.06. The third-order valence-corrected chi connectivity index (χ3v) is 5.03. The third kappa shape index (κ3) is 4.81. The van der Waals surface area contributed by atoms with Gasteiger partial charge in [-0.15, -0.1) is 0 Å². The fraction of sp³-hybridized carbons (Fsp3) is 0.200. The van der Waals surface area contributed by atoms with Crippen LogP contribution in [0.25, 0.3) is 0 Å². The number of benzene rings is 3. The highest BCUT2D eigenvalue weighted by atomic mass is 19.1. The Hall–Kier alpha value is -3.51. The zero-order chi connectivity index (χ0) is 22.4. The maximum Gasteiger partial charge on any atom is 0.347 e. The van der Waals surface area contributed by atoms with Crippen LogP contribution in [0.4, 0.5) is 4.39 Å². The van der Waals surface area contributed by atoms with E-state index in [1.807, 2.05) is 30.3 Å². The Labute approximate surface area is 180 Å². The zero-order valence-corrected chi connectivity index (χ0v) is 17.3. The van der Waals surface area contributed by atoms with E-state index in [1.54, 1.807) is 37.3 Å². The number of halogens is 1. The van der Waals surface area contributed by atoms with Crippen molar-refractivity contribution in [3.8, 4) is 11.5 Å². The fourth-order valence-corrected chi connectivity index (χ4v) is 3.40. The maximum atomic E-state index is 15.3. The first-order valence-corrected chi connectivity index (χ1v) is 9.80. The molecule has 3 aromatic carbocycles. The molecule has 3 aromatic rings. The number of rotatable bonds is 8. The number of hydrogen-bond donors (Lipinski definition) is 1. The van der Waals surface area contributed by atoms with Crippen molar-refractivity contribution in [3.63, 3.8) is 0 Å². The maximum absolute atomic E-state index is 15.3. The van der Waals surface area contributed by atoms with E-state index in [1.165, 1.54) is 6.92 Å². The van der Waals surface area contributed by atoms with E-state index in [4.69, 9.17) is 9.47 Å². The van der Waals surface area contributed by atoms with Gasteiger partial charge in [0.1, 0.15) is 35.8 Å². The highest BCUT2D eigenvalue weighted by molar-refractivity contribution is 5.96. The molecule has 0 spiro atoms. The summed E-state index contributed by atoms with van der Waals surface area (Å²) in [6, 6.07) is 17.7. The summed E-state index contributed by atoms with van der Waals surface area (Å²) in [5, 5.41) is 9.56. The first-order valence-electron chi connectivity index (χ1n) is 9.80. The van der Waals surface area contributed by atoms with Gasteiger partial charge in [-0.2, -0.15) is 0 Å². The van der Waals surface area contributed by atoms with Gasteiger partial charge in [0.05, 0.1) is 12.5 Å². The molecule has 3 rings (SSSR count). The van der Waals surface area contributed by atoms with Crippen LogP contribution in [-0.2, 0) is 11.4 Å². The highest BCUT2D eigenvalue weighted by Gasteiger charge is 2.30. The van der Waals surface area contributed by atoms with Gasteiger partial charge < -0.3 is 19.4 Å². The van der Waals surface area contributed by atoms with E-state index in [9.17, 15) is 14.7 Å². The number of carbonyl (C=O) groups is 2. The van der Waals surface area contributed by atoms with E-state index in [-0.39, 0.29) is 34.6 Å². The third-order valence-electron chi connectivity index (χ3n) is 5.03. The van der Waals surface area contributed by atoms with Crippen LogP contribution < -0.4 is 9.47 Å². The van der Waals surface area contributed by atoms with Crippen molar-refractivity contribution in [1.29, 1.82) is 0 Å². The average Bonchev–Trinajstić information content (AvgIpc) is 2.79. The Bertz CT molecular complexity index is 1060. The molecule has 5 nitrogen and oxygen atoms in total. The first kappa shape index (κ1) is 22.2. The van der Waals surface area contributed by atoms with Crippen LogP contribution in [-0.4, -0.2) is 24.0 Å². The Morgan fingerprint density at radius 1 is 1.03 bits per heavy atom. The van der Waals surface area contributed by atoms with Crippen molar-refractivity contribution in [1.82, 2.24) is 0 Å². The lowest BCUT2D eigenvalue weighted by atomic mass is 9.90. The Morgan fingerprint density at radius 2 is 1.65 bits per heavy atom. The van der Waals surface area contributed by atoms with Crippen molar-refractivity contribution < 1.29 is 28.6 Å². The minimum absolute atomic E-state index is 0.00863. The van der Waals surface area contributed by atoms with Gasteiger partial charge in [-0.1, -0.05) is 48.5 Å². The zero-order valence-electron chi connectivity index (χ0n) is 17.3. The number of ether oxygens (including phenoxy) is 2. The average molecular weight is 422 g/mol. The highest BCUT2D eigenvalue weighted by Crippen LogP contribution is 2.37. The Morgan fingerprint density at radius 3 is 2.23 bits per heavy atom. The number of hydrogen-bond acceptors (Lipinski definition) is 5. The van der Waals surface area contributed by atoms with E-state index < -0.39 is 24.3 Å². The molecule has 1 N–H and O–H groups in total. The number of carbonyl (C=O) groups excluding carboxylic acids is 2. The SMILES string of the molecule is Cc1c(F)c(C(C=O)CO)c(C)c(OCc2ccccc2)c1C(=O)Oc1ccccc1. The van der Waals surface area contributed by atoms with Gasteiger partial charge >= 0.3 is 5.97 Å². The number of aliphatic hydroxyl groups excluding tert-OH is 1. The van der Waals surface area contributed by atoms with Crippen LogP contribution in [0, 0.1) is 19.7 Å². The van der Waals surface area contributed by atoms with Crippen LogP contribution in [0.1, 0.15) is 38.5 Å². The second kappa shape index (κ2) is 10.00. The fourth-order valence-electron chi connectivity index (χ4n) is 3.40. The molecule has 0 aliphatic rings. The molecule has 0 saturated carbocycles. The lowest BCUT2D eigenvalue weighted by molar-refractivity contribution is -0.109. The van der Waals surface area contributed by atoms with Crippen molar-refractivity contribution in [3.05, 3.63) is 94.3 Å². The summed E-state index contributed by atoms with van der Waals surface area (Å²) in [4.78, 5) is 24.4. The van der Waals surface area contributed by atoms with E-state index in [0.29, 0.717) is 12.0 Å². The minimum atomic E-state index is -1.07. The van der Waals surface area contributed by atoms with Crippen molar-refractivity contribution in [2.45, 2.75) is 26.4 Å². The van der Waals surface area contributed by atoms with Gasteiger partial charge in [0.25, 0.3) is 0 Å². The molecule has 6 heteroatoms. The summed E-state index contributed by atoms with van der Waals surface area (Å²) in [5.74, 6) is -2.15. The number of aliphatic hydroxyl groups is 1. The van der Waals surface area contributed by atoms with Crippen molar-refractivity contribution in [2.75, 3.05) is 6.61 Å². The van der Waals surface area contributed by atoms with E-state index in [0.717, 1.165) is 5.56 Å². The van der Waals surface area contributed by atoms with Gasteiger partial charge in [-0.25, -0.2) is 9.18 Å². The first-order chi connectivity index (χ1) is 15.0. The number of esters is 1. The Kier molecular flexibility index (Phi) is 7.15. The standard InChI is InChI=1S/C25H23FO5/c1-16-22(25(29)31-20-11-7-4-8-12-20)24(30-15-18-9-5-3-6-10-18)17(2)21(23(16)26)19(13-27)14-28/h3-13,19,28H,14-15H2,1-2H3. The summed E-state index contributed by atoms with van der Waals surface area (Å²) >= 11 is 0. The summed E-state index contributed by atoms with van der Waals surface area (Å²) in [6.07, 6.45) is 0.480. The topological polar surface area (TPSA) is 72.8 Å². The molecule has 0 aliphatic carbocycles. The van der Waals surface area contributed by atoms with Crippen molar-refractivity contribution in [2.24, 2.45) is 0 Å². The van der Waals surface area contributed by atoms with Gasteiger partial charge in [0, 0.05) is 11.1 Å². The molecule has 0 aliphatic heterocycles. The molecule has 0 fully saturated rings. The van der Waals surface area contributed by atoms with Crippen LogP contribution in [0.15, 0.2) is 60.7 Å². The van der Waals surface area contributed by atoms with Crippen LogP contribution >= 0.6 is 0 Å². The summed E-state index contributed by atoms with van der Waals surface area (Å²) in [7, 11) is 0. The normalized spacial score (nSPS) is 11.6. The molecular weight excluding hydrogens is 399 g/mol. The minimum Gasteiger partial charge on any atom is -0.488 e. The number of aldehydes is 1. The molecule has 0 aromatic heterocycles. The smallest absolute Gasteiger partial charge is 0.347 e. The quantitative estimate of drug-likeness (QED) is 0.328. The van der Waals surface area contributed by atoms with E-state index >= 15 is 4.39 Å². The molecule has 0 radical (unpaired) electrons. The monoisotopic (exact) mass is 422 g/mol. The molecule has 160 valence electrons. The van der Waals surface area contributed by atoms with Gasteiger partial charge in [-0.3, -0.25) is 0 Å². The lowest BCUT2D eigenvalue weighted by Gasteiger charge is -2.22. The van der Waals surface area contributed by atoms with Gasteiger partial charge in [0.2, 0.25) is 0 Å². The molecule has 0 amide bonds. The largest absolute Gasteiger partial charge is 0.488 e. The second-order valence-corrected chi connectivity index (χ2v) is 7.08. The van der Waals surface area contributed by atoms with Crippen LogP contribution in [0.5, 0.6) is 11.5 Å². The molecule has 1 atom stereocenters. The predicted octanol–water partition coefficient (Wildman–Crippen LogP) is 4.52. The molecule has 0 saturated heterocycles. The predicted molar refractivity (Wildman–Crippen MR) is 114 cm³/mol. The molecular formula is C25H23FO5. The molecule has 31 heavy (non-hydrogen) atoms. The molecule has 0 heterocycles. The van der Waals surface area contributed by atoms with Gasteiger partial charge in [0.15, 0.2) is 0 Å². The van der Waals surface area contributed by atoms with Crippen LogP contribution in [0.3, 0.4) is 0 Å². The van der Waals surface area contributed by atoms with Crippen LogP contribution in [0.2, 0.25) is 0 Å². The molecule has 0 bridgehead atoms. The summed E-state index contributed by atoms with van der Waals surface area (Å²) in [6.45, 7) is 2.55. The Balaban J connectivity index is 2.10. The second-order valence-electron chi connectivity index (χ2n) is 7.08. The number of para-hydroxylation sites is 1. The molecule has 1 unspecified atom stereocenters. The van der Waals surface area contributed by atoms with E-state index in [2.05, 4.69) is 0 Å². The lowest BCUT2D eigenvalue weighted by Crippen LogP contribution is -2.19. The van der Waals surface area contributed by atoms with Crippen molar-refractivity contribution >= 4 is 12.3 Å². The van der Waals surface area contributed by atoms with Gasteiger partial charge in [-0.05, 0) is 37.1 Å².